The maximum atomic E-state index is 14.6. The van der Waals surface area contributed by atoms with Crippen LogP contribution in [0.25, 0.3) is 0 Å². The Morgan fingerprint density at radius 1 is 0.557 bits per heavy atom. The van der Waals surface area contributed by atoms with Crippen molar-refractivity contribution in [2.75, 3.05) is 6.61 Å². The van der Waals surface area contributed by atoms with E-state index in [0.717, 1.165) is 36.8 Å². The summed E-state index contributed by atoms with van der Waals surface area (Å²) in [6, 6.07) is 0. The fraction of sp³-hybridized carbons (Fsp3) is 0.917. The summed E-state index contributed by atoms with van der Waals surface area (Å²) in [5.41, 5.74) is 2.11. The molecule has 19 nitrogen and oxygen atoms in total. The Morgan fingerprint density at radius 2 is 1.29 bits per heavy atom. The molecule has 0 radical (unpaired) electrons. The molecule has 3 spiro atoms. The van der Waals surface area contributed by atoms with Crippen molar-refractivity contribution >= 4 is 5.78 Å². The normalized spacial score (nSPS) is 54.8. The maximum Gasteiger partial charge on any atom is 0.197 e. The van der Waals surface area contributed by atoms with Crippen LogP contribution in [0.5, 0.6) is 0 Å². The Hall–Kier alpha value is -1.57. The van der Waals surface area contributed by atoms with Gasteiger partial charge in [0.25, 0.3) is 0 Å². The molecule has 14 aliphatic heterocycles. The predicted molar refractivity (Wildman–Crippen MR) is 276 cm³/mol. The van der Waals surface area contributed by atoms with Crippen LogP contribution in [0.4, 0.5) is 0 Å². The molecule has 10 bridgehead atoms. The molecule has 0 amide bonds. The van der Waals surface area contributed by atoms with E-state index in [1.54, 1.807) is 0 Å². The van der Waals surface area contributed by atoms with Crippen molar-refractivity contribution in [1.82, 2.24) is 0 Å². The fourth-order valence-electron chi connectivity index (χ4n) is 17.8. The van der Waals surface area contributed by atoms with Gasteiger partial charge in [-0.2, -0.15) is 0 Å². The molecule has 442 valence electrons. The highest BCUT2D eigenvalue weighted by molar-refractivity contribution is 5.79. The minimum absolute atomic E-state index is 0.0223. The largest absolute Gasteiger partial charge is 0.394 e. The Kier molecular flexibility index (Phi) is 14.6. The molecular formula is C60H88O19. The first-order valence-corrected chi connectivity index (χ1v) is 30.8. The van der Waals surface area contributed by atoms with E-state index in [1.807, 2.05) is 6.92 Å². The van der Waals surface area contributed by atoms with E-state index in [1.165, 1.54) is 0 Å². The summed E-state index contributed by atoms with van der Waals surface area (Å²) in [6.07, 6.45) is 3.03. The summed E-state index contributed by atoms with van der Waals surface area (Å²) in [6.45, 7) is 15.0. The van der Waals surface area contributed by atoms with Crippen molar-refractivity contribution in [2.24, 2.45) is 23.7 Å². The van der Waals surface area contributed by atoms with Crippen molar-refractivity contribution in [2.45, 2.75) is 313 Å². The van der Waals surface area contributed by atoms with Crippen LogP contribution in [-0.2, 0) is 66.4 Å². The van der Waals surface area contributed by atoms with Crippen LogP contribution >= 0.6 is 0 Å². The number of aliphatic hydroxyl groups is 5. The van der Waals surface area contributed by atoms with E-state index in [-0.39, 0.29) is 140 Å². The lowest BCUT2D eigenvalue weighted by Crippen LogP contribution is -2.63. The number of rotatable bonds is 4. The van der Waals surface area contributed by atoms with Crippen LogP contribution in [0, 0.1) is 23.7 Å². The molecule has 0 aromatic rings. The molecule has 79 heavy (non-hydrogen) atoms. The third-order valence-corrected chi connectivity index (χ3v) is 21.7. The second kappa shape index (κ2) is 20.8. The van der Waals surface area contributed by atoms with E-state index in [0.29, 0.717) is 89.9 Å². The van der Waals surface area contributed by atoms with Gasteiger partial charge in [-0.15, -0.1) is 0 Å². The van der Waals surface area contributed by atoms with Crippen LogP contribution in [0.1, 0.15) is 156 Å². The molecule has 29 atom stereocenters. The first-order valence-electron chi connectivity index (χ1n) is 30.8. The van der Waals surface area contributed by atoms with E-state index < -0.39 is 72.5 Å². The number of fused-ring (bicyclic) bond motifs is 13. The van der Waals surface area contributed by atoms with Crippen LogP contribution in [0.2, 0.25) is 0 Å². The molecule has 14 heterocycles. The van der Waals surface area contributed by atoms with Gasteiger partial charge in [0.15, 0.2) is 23.1 Å². The third kappa shape index (κ3) is 10.2. The highest BCUT2D eigenvalue weighted by Gasteiger charge is 2.68. The van der Waals surface area contributed by atoms with Gasteiger partial charge in [0.1, 0.15) is 18.0 Å². The number of hydrogen-bond acceptors (Lipinski definition) is 19. The smallest absolute Gasteiger partial charge is 0.197 e. The second-order valence-electron chi connectivity index (χ2n) is 27.5. The highest BCUT2D eigenvalue weighted by Crippen LogP contribution is 2.57. The van der Waals surface area contributed by atoms with E-state index >= 15 is 0 Å². The van der Waals surface area contributed by atoms with Crippen LogP contribution in [0.3, 0.4) is 0 Å². The first-order chi connectivity index (χ1) is 37.8. The summed E-state index contributed by atoms with van der Waals surface area (Å²) < 4.78 is 89.3. The molecule has 5 N–H and O–H groups in total. The third-order valence-electron chi connectivity index (χ3n) is 21.7. The zero-order valence-electron chi connectivity index (χ0n) is 46.4. The first kappa shape index (κ1) is 55.3. The molecule has 14 aliphatic rings. The number of hydrogen-bond donors (Lipinski definition) is 5. The van der Waals surface area contributed by atoms with Crippen LogP contribution in [-0.4, -0.2) is 195 Å². The number of carbonyl (C=O) groups excluding carboxylic acids is 1. The van der Waals surface area contributed by atoms with Gasteiger partial charge >= 0.3 is 0 Å². The summed E-state index contributed by atoms with van der Waals surface area (Å²) in [5.74, 6) is -5.06. The summed E-state index contributed by atoms with van der Waals surface area (Å²) >= 11 is 0. The van der Waals surface area contributed by atoms with Gasteiger partial charge in [-0.05, 0) is 86.7 Å². The van der Waals surface area contributed by atoms with E-state index in [9.17, 15) is 30.3 Å². The van der Waals surface area contributed by atoms with E-state index in [2.05, 4.69) is 27.0 Å². The molecule has 3 unspecified atom stereocenters. The van der Waals surface area contributed by atoms with Gasteiger partial charge in [-0.3, -0.25) is 4.79 Å². The zero-order valence-corrected chi connectivity index (χ0v) is 46.4. The maximum absolute atomic E-state index is 14.6. The lowest BCUT2D eigenvalue weighted by molar-refractivity contribution is -0.339. The molecule has 14 fully saturated rings. The fourth-order valence-corrected chi connectivity index (χ4v) is 17.8. The predicted octanol–water partition coefficient (Wildman–Crippen LogP) is 4.65. The molecule has 0 aromatic carbocycles. The molecule has 14 saturated heterocycles. The van der Waals surface area contributed by atoms with Gasteiger partial charge in [-0.25, -0.2) is 0 Å². The number of carbonyl (C=O) groups is 1. The zero-order chi connectivity index (χ0) is 54.5. The Balaban J connectivity index is 0.672. The Bertz CT molecular complexity index is 2300. The second-order valence-corrected chi connectivity index (χ2v) is 27.5. The van der Waals surface area contributed by atoms with Gasteiger partial charge < -0.3 is 87.1 Å². The van der Waals surface area contributed by atoms with Gasteiger partial charge in [0.05, 0.1) is 135 Å². The van der Waals surface area contributed by atoms with E-state index in [4.69, 9.17) is 61.6 Å². The number of aliphatic hydroxyl groups excluding tert-OH is 3. The molecule has 19 heteroatoms. The van der Waals surface area contributed by atoms with Gasteiger partial charge in [0, 0.05) is 76.5 Å². The number of ketones is 1. The summed E-state index contributed by atoms with van der Waals surface area (Å²) in [7, 11) is 0. The van der Waals surface area contributed by atoms with Gasteiger partial charge in [0.2, 0.25) is 0 Å². The lowest BCUT2D eigenvalue weighted by atomic mass is 9.77. The number of Topliss-reactive ketones (excluding diaryl/α,β-unsaturated/α-hetero) is 1. The van der Waals surface area contributed by atoms with Gasteiger partial charge in [-0.1, -0.05) is 33.9 Å². The Morgan fingerprint density at radius 3 is 2.14 bits per heavy atom. The van der Waals surface area contributed by atoms with Crippen molar-refractivity contribution < 1.29 is 91.9 Å². The monoisotopic (exact) mass is 1110 g/mol. The molecular weight excluding hydrogens is 1020 g/mol. The topological polar surface area (TPSA) is 238 Å². The van der Waals surface area contributed by atoms with Crippen LogP contribution < -0.4 is 0 Å². The lowest BCUT2D eigenvalue weighted by Gasteiger charge is -2.51. The van der Waals surface area contributed by atoms with Crippen molar-refractivity contribution in [3.05, 3.63) is 24.3 Å². The molecule has 0 aliphatic carbocycles. The summed E-state index contributed by atoms with van der Waals surface area (Å²) in [4.78, 5) is 14.6. The minimum Gasteiger partial charge on any atom is -0.394 e. The van der Waals surface area contributed by atoms with Crippen molar-refractivity contribution in [3.8, 4) is 0 Å². The Labute approximate surface area is 463 Å². The standard InChI is InChI=1S/C60H88O19/c1-28-14-36-6-8-40-29(2)15-38(67-40)10-12-58-27-60(65,66)56(79-58)54-32(5)53(78-58)55-42(72-54)9-7-37(69-55)18-34(62)16-33-17-46-47(70-44(33)20-43(68-36)31(28)4)22-48-50(71-46)24-59(75-48)25-51-41(74-59)11-13-57(77-51)23-30(3)52-49(76-57)21-45(73-52)39(64)19-35(63)26-61/h28,30,32-33,35-56,61,63-66H,2,4,6-27H2,1,3,5H3/t28-,30+,32+,33-,35-,36+,37-,38+,39+,40+,41+,42+,43-,44+,45+,46?,47+,48-,49+,50?,51+,52+,53-,54-,55+,56?,57+,58-,59-/m1/s1. The van der Waals surface area contributed by atoms with Crippen molar-refractivity contribution in [1.29, 1.82) is 0 Å². The van der Waals surface area contributed by atoms with Crippen LogP contribution in [0.15, 0.2) is 24.3 Å². The molecule has 14 rings (SSSR count). The minimum atomic E-state index is -2.13. The summed E-state index contributed by atoms with van der Waals surface area (Å²) in [5, 5.41) is 53.1. The quantitative estimate of drug-likeness (QED) is 0.190. The average Bonchev–Trinajstić information content (AvgIpc) is 4.14. The molecule has 0 saturated carbocycles. The SMILES string of the molecule is C=C1C[C@@H]2CC[C@]34CC(O)(O)C(O3)[C@@H]3O[C@H]5CC[C@H](CC(=O)C[C@@H]6CC7OC8C[C@]9(C[C@@H]%10O[C@@]%11(CC[C@@H]%10O9)C[C@H](C)[C@@H]9O[C@H]([C@@H](O)C[C@@H](O)CO)C[C@@H]9O%11)O[C@@H]8C[C@@H]7O[C@H]6C[C@H]6O[C@@H](CC[C@@H]1O2)C[C@@H](C)C6=C)O[C@@H]5[C@H](O4)[C@@H]3C. The highest BCUT2D eigenvalue weighted by atomic mass is 16.8. The van der Waals surface area contributed by atoms with Crippen molar-refractivity contribution in [3.63, 3.8) is 0 Å². The number of ether oxygens (including phenoxy) is 13. The molecule has 0 aromatic heterocycles. The average molecular weight is 1110 g/mol.